The van der Waals surface area contributed by atoms with Gasteiger partial charge in [-0.25, -0.2) is 0 Å². The first kappa shape index (κ1) is 30.9. The molecule has 0 radical (unpaired) electrons. The molecular formula is C32H30F6N4O3. The summed E-state index contributed by atoms with van der Waals surface area (Å²) >= 11 is 0. The predicted molar refractivity (Wildman–Crippen MR) is 158 cm³/mol. The summed E-state index contributed by atoms with van der Waals surface area (Å²) in [6, 6.07) is 7.46. The summed E-state index contributed by atoms with van der Waals surface area (Å²) in [4.78, 5) is 32.5. The molecule has 238 valence electrons. The second-order valence-corrected chi connectivity index (χ2v) is 11.7. The fourth-order valence-corrected chi connectivity index (χ4v) is 6.89. The minimum atomic E-state index is -5.08. The third-order valence-electron chi connectivity index (χ3n) is 9.23. The lowest BCUT2D eigenvalue weighted by Crippen LogP contribution is -2.56. The second kappa shape index (κ2) is 11.3. The molecule has 3 aromatic carbocycles. The topological polar surface area (TPSA) is 83.6 Å². The van der Waals surface area contributed by atoms with Crippen molar-refractivity contribution in [1.29, 1.82) is 0 Å². The molecule has 2 bridgehead atoms. The number of fused-ring (bicyclic) bond motifs is 4. The zero-order valence-corrected chi connectivity index (χ0v) is 24.4. The first-order valence-electron chi connectivity index (χ1n) is 14.6. The molecule has 0 saturated carbocycles. The third kappa shape index (κ3) is 5.73. The zero-order chi connectivity index (χ0) is 32.3. The number of alkyl halides is 6. The highest BCUT2D eigenvalue weighted by Gasteiger charge is 2.44. The molecule has 7 rings (SSSR count). The second-order valence-electron chi connectivity index (χ2n) is 11.7. The average Bonchev–Trinajstić information content (AvgIpc) is 3.03. The van der Waals surface area contributed by atoms with Crippen molar-refractivity contribution in [2.24, 2.45) is 11.8 Å². The predicted octanol–water partition coefficient (Wildman–Crippen LogP) is 6.89. The molecule has 0 amide bonds. The molecule has 3 saturated heterocycles. The van der Waals surface area contributed by atoms with Gasteiger partial charge in [-0.15, -0.1) is 0 Å². The van der Waals surface area contributed by atoms with Gasteiger partial charge in [0, 0.05) is 29.9 Å². The van der Waals surface area contributed by atoms with Crippen LogP contribution in [-0.4, -0.2) is 36.1 Å². The van der Waals surface area contributed by atoms with Crippen LogP contribution in [0.25, 0.3) is 10.9 Å². The first-order chi connectivity index (χ1) is 21.3. The SMILES string of the molecule is CCC1CN2CCC1C[C@H]2[C@@H](Nc1c(Nc2cc(C(F)(F)F)cc(C(F)(F)F)c2)c(=O)c1=O)c1ccnc2ccc(OC)cc12. The van der Waals surface area contributed by atoms with E-state index in [4.69, 9.17) is 4.74 Å². The lowest BCUT2D eigenvalue weighted by Gasteiger charge is -2.52. The van der Waals surface area contributed by atoms with E-state index in [1.807, 2.05) is 6.07 Å². The molecule has 45 heavy (non-hydrogen) atoms. The minimum Gasteiger partial charge on any atom is -0.497 e. The Hall–Kier alpha value is -4.13. The zero-order valence-electron chi connectivity index (χ0n) is 24.4. The summed E-state index contributed by atoms with van der Waals surface area (Å²) in [5.74, 6) is 1.53. The molecular weight excluding hydrogens is 602 g/mol. The molecule has 0 aliphatic carbocycles. The summed E-state index contributed by atoms with van der Waals surface area (Å²) < 4.78 is 86.4. The molecule has 4 aromatic rings. The standard InChI is InChI=1S/C32H30F6N4O3/c1-3-16-15-42-9-7-17(16)10-25(42)26(22-6-8-39-24-5-4-21(45-2)14-23(22)24)41-28-27(29(43)30(28)44)40-20-12-18(31(33,34)35)11-19(13-20)32(36,37)38/h4-6,8,11-14,16-17,25-26,40-41H,3,7,9-10,15H2,1-2H3/t16?,17?,25-,26-/m0/s1. The molecule has 2 N–H and O–H groups in total. The highest BCUT2D eigenvalue weighted by atomic mass is 19.4. The lowest BCUT2D eigenvalue weighted by molar-refractivity contribution is -0.143. The van der Waals surface area contributed by atoms with Crippen LogP contribution < -0.4 is 26.2 Å². The molecule has 4 heterocycles. The van der Waals surface area contributed by atoms with Crippen molar-refractivity contribution in [2.45, 2.75) is 50.6 Å². The molecule has 5 atom stereocenters. The van der Waals surface area contributed by atoms with E-state index in [0.29, 0.717) is 35.2 Å². The van der Waals surface area contributed by atoms with Crippen LogP contribution in [0, 0.1) is 11.8 Å². The summed E-state index contributed by atoms with van der Waals surface area (Å²) in [5.41, 5.74) is -4.82. The van der Waals surface area contributed by atoms with Crippen LogP contribution in [-0.2, 0) is 12.4 Å². The maximum Gasteiger partial charge on any atom is 0.416 e. The van der Waals surface area contributed by atoms with E-state index in [0.717, 1.165) is 43.3 Å². The Morgan fingerprint density at radius 2 is 1.67 bits per heavy atom. The summed E-state index contributed by atoms with van der Waals surface area (Å²) in [7, 11) is 1.53. The summed E-state index contributed by atoms with van der Waals surface area (Å²) in [6.45, 7) is 3.83. The van der Waals surface area contributed by atoms with E-state index in [9.17, 15) is 35.9 Å². The smallest absolute Gasteiger partial charge is 0.416 e. The molecule has 0 spiro atoms. The number of halogens is 6. The van der Waals surface area contributed by atoms with E-state index in [2.05, 4.69) is 27.4 Å². The highest BCUT2D eigenvalue weighted by Crippen LogP contribution is 2.45. The fourth-order valence-electron chi connectivity index (χ4n) is 6.89. The highest BCUT2D eigenvalue weighted by molar-refractivity contribution is 5.85. The quantitative estimate of drug-likeness (QED) is 0.162. The third-order valence-corrected chi connectivity index (χ3v) is 9.23. The van der Waals surface area contributed by atoms with E-state index in [1.165, 1.54) is 7.11 Å². The Labute approximate surface area is 253 Å². The minimum absolute atomic E-state index is 0.00144. The van der Waals surface area contributed by atoms with Crippen LogP contribution in [0.4, 0.5) is 43.4 Å². The Bertz CT molecular complexity index is 1780. The van der Waals surface area contributed by atoms with Gasteiger partial charge in [-0.2, -0.15) is 26.3 Å². The number of benzene rings is 2. The number of aromatic nitrogens is 1. The van der Waals surface area contributed by atoms with Crippen molar-refractivity contribution in [3.05, 3.63) is 85.8 Å². The van der Waals surface area contributed by atoms with Crippen molar-refractivity contribution in [1.82, 2.24) is 9.88 Å². The van der Waals surface area contributed by atoms with Crippen LogP contribution in [0.3, 0.4) is 0 Å². The van der Waals surface area contributed by atoms with Crippen LogP contribution in [0.1, 0.15) is 48.9 Å². The van der Waals surface area contributed by atoms with Crippen LogP contribution in [0.5, 0.6) is 5.75 Å². The van der Waals surface area contributed by atoms with Crippen molar-refractivity contribution in [2.75, 3.05) is 30.8 Å². The number of methoxy groups -OCH3 is 1. The Morgan fingerprint density at radius 1 is 0.978 bits per heavy atom. The largest absolute Gasteiger partial charge is 0.497 e. The van der Waals surface area contributed by atoms with E-state index in [1.54, 1.807) is 24.4 Å². The molecule has 1 aromatic heterocycles. The number of piperidine rings is 3. The van der Waals surface area contributed by atoms with Crippen LogP contribution in [0.2, 0.25) is 0 Å². The molecule has 13 heteroatoms. The Kier molecular flexibility index (Phi) is 7.78. The maximum absolute atomic E-state index is 13.5. The number of hydrogen-bond donors (Lipinski definition) is 2. The van der Waals surface area contributed by atoms with Gasteiger partial charge in [0.05, 0.1) is 29.8 Å². The Balaban J connectivity index is 1.42. The van der Waals surface area contributed by atoms with Gasteiger partial charge in [0.15, 0.2) is 0 Å². The fraction of sp³-hybridized carbons (Fsp3) is 0.406. The molecule has 3 unspecified atom stereocenters. The van der Waals surface area contributed by atoms with Gasteiger partial charge in [-0.3, -0.25) is 19.5 Å². The molecule has 3 aliphatic rings. The van der Waals surface area contributed by atoms with Gasteiger partial charge in [0.1, 0.15) is 17.1 Å². The van der Waals surface area contributed by atoms with Gasteiger partial charge in [-0.05, 0) is 79.3 Å². The maximum atomic E-state index is 13.5. The number of nitrogens with zero attached hydrogens (tertiary/aromatic N) is 2. The number of anilines is 3. The first-order valence-corrected chi connectivity index (χ1v) is 14.6. The van der Waals surface area contributed by atoms with Gasteiger partial charge < -0.3 is 15.4 Å². The molecule has 3 fully saturated rings. The van der Waals surface area contributed by atoms with Gasteiger partial charge >= 0.3 is 12.4 Å². The average molecular weight is 633 g/mol. The lowest BCUT2D eigenvalue weighted by atomic mass is 9.72. The number of nitrogens with one attached hydrogen (secondary N) is 2. The van der Waals surface area contributed by atoms with Crippen molar-refractivity contribution in [3.63, 3.8) is 0 Å². The summed E-state index contributed by atoms with van der Waals surface area (Å²) in [6.07, 6.45) is -5.68. The van der Waals surface area contributed by atoms with E-state index in [-0.39, 0.29) is 17.8 Å². The van der Waals surface area contributed by atoms with E-state index >= 15 is 0 Å². The summed E-state index contributed by atoms with van der Waals surface area (Å²) in [5, 5.41) is 6.36. The Morgan fingerprint density at radius 3 is 2.27 bits per heavy atom. The molecule has 3 aliphatic heterocycles. The number of ether oxygens (including phenoxy) is 1. The van der Waals surface area contributed by atoms with Crippen LogP contribution in [0.15, 0.2) is 58.3 Å². The monoisotopic (exact) mass is 632 g/mol. The number of pyridine rings is 1. The van der Waals surface area contributed by atoms with Crippen molar-refractivity contribution < 1.29 is 31.1 Å². The van der Waals surface area contributed by atoms with Gasteiger partial charge in [0.25, 0.3) is 10.9 Å². The van der Waals surface area contributed by atoms with E-state index < -0.39 is 51.8 Å². The molecule has 7 nitrogen and oxygen atoms in total. The van der Waals surface area contributed by atoms with Gasteiger partial charge in [0.2, 0.25) is 0 Å². The normalized spacial score (nSPS) is 22.5. The van der Waals surface area contributed by atoms with Crippen molar-refractivity contribution in [3.8, 4) is 5.75 Å². The van der Waals surface area contributed by atoms with Crippen molar-refractivity contribution >= 4 is 28.0 Å². The number of hydrogen-bond acceptors (Lipinski definition) is 7. The van der Waals surface area contributed by atoms with Crippen LogP contribution >= 0.6 is 0 Å². The van der Waals surface area contributed by atoms with Gasteiger partial charge in [-0.1, -0.05) is 13.3 Å². The number of rotatable bonds is 8.